The summed E-state index contributed by atoms with van der Waals surface area (Å²) >= 11 is 0. The van der Waals surface area contributed by atoms with Crippen molar-refractivity contribution in [3.63, 3.8) is 0 Å². The molecule has 166 valence electrons. The molecule has 5 rings (SSSR count). The number of allylic oxidation sites excluding steroid dienone is 5. The Bertz CT molecular complexity index is 1310. The van der Waals surface area contributed by atoms with Crippen molar-refractivity contribution in [2.75, 3.05) is 17.3 Å². The van der Waals surface area contributed by atoms with Crippen LogP contribution < -0.4 is 10.2 Å². The van der Waals surface area contributed by atoms with Crippen LogP contribution in [-0.4, -0.2) is 7.05 Å². The summed E-state index contributed by atoms with van der Waals surface area (Å²) in [7, 11) is 1.95. The number of nitrogens with one attached hydrogen (secondary N) is 1. The molecular formula is C32H28N2. The van der Waals surface area contributed by atoms with E-state index in [4.69, 9.17) is 0 Å². The van der Waals surface area contributed by atoms with Gasteiger partial charge in [-0.25, -0.2) is 0 Å². The van der Waals surface area contributed by atoms with E-state index < -0.39 is 0 Å². The molecule has 2 nitrogen and oxygen atoms in total. The molecule has 34 heavy (non-hydrogen) atoms. The summed E-state index contributed by atoms with van der Waals surface area (Å²) < 4.78 is 0. The minimum absolute atomic E-state index is 0.906. The number of nitrogens with zero attached hydrogens (tertiary/aromatic N) is 1. The van der Waals surface area contributed by atoms with E-state index in [9.17, 15) is 0 Å². The molecule has 0 spiro atoms. The highest BCUT2D eigenvalue weighted by atomic mass is 15.1. The summed E-state index contributed by atoms with van der Waals surface area (Å²) in [5.74, 6) is 0. The first-order chi connectivity index (χ1) is 16.8. The summed E-state index contributed by atoms with van der Waals surface area (Å²) in [6, 6.07) is 38.5. The van der Waals surface area contributed by atoms with Crippen LogP contribution in [0.5, 0.6) is 0 Å². The third-order valence-corrected chi connectivity index (χ3v) is 6.13. The molecule has 4 aromatic rings. The van der Waals surface area contributed by atoms with Gasteiger partial charge in [0.25, 0.3) is 0 Å². The molecule has 0 heterocycles. The molecule has 0 radical (unpaired) electrons. The first-order valence-corrected chi connectivity index (χ1v) is 11.7. The average molecular weight is 441 g/mol. The lowest BCUT2D eigenvalue weighted by atomic mass is 10.0. The van der Waals surface area contributed by atoms with Gasteiger partial charge in [0.2, 0.25) is 0 Å². The van der Waals surface area contributed by atoms with Crippen molar-refractivity contribution >= 4 is 22.6 Å². The van der Waals surface area contributed by atoms with Gasteiger partial charge >= 0.3 is 0 Å². The predicted octanol–water partition coefficient (Wildman–Crippen LogP) is 8.46. The van der Waals surface area contributed by atoms with Gasteiger partial charge in [-0.05, 0) is 77.2 Å². The van der Waals surface area contributed by atoms with E-state index >= 15 is 0 Å². The summed E-state index contributed by atoms with van der Waals surface area (Å²) in [6.45, 7) is 0. The van der Waals surface area contributed by atoms with Gasteiger partial charge in [0.15, 0.2) is 0 Å². The number of anilines is 3. The van der Waals surface area contributed by atoms with E-state index in [1.54, 1.807) is 0 Å². The van der Waals surface area contributed by atoms with E-state index in [-0.39, 0.29) is 0 Å². The van der Waals surface area contributed by atoms with Crippen LogP contribution in [0.25, 0.3) is 16.7 Å². The third kappa shape index (κ3) is 4.72. The highest BCUT2D eigenvalue weighted by molar-refractivity contribution is 5.76. The zero-order valence-electron chi connectivity index (χ0n) is 19.4. The second kappa shape index (κ2) is 10.1. The van der Waals surface area contributed by atoms with Gasteiger partial charge in [-0.1, -0.05) is 84.9 Å². The summed E-state index contributed by atoms with van der Waals surface area (Å²) in [4.78, 5) is 2.31. The number of rotatable bonds is 6. The van der Waals surface area contributed by atoms with Crippen molar-refractivity contribution in [3.8, 4) is 11.1 Å². The maximum Gasteiger partial charge on any atom is 0.0463 e. The van der Waals surface area contributed by atoms with Gasteiger partial charge in [-0.15, -0.1) is 0 Å². The lowest BCUT2D eigenvalue weighted by molar-refractivity contribution is 1.21. The van der Waals surface area contributed by atoms with E-state index in [1.807, 2.05) is 7.05 Å². The van der Waals surface area contributed by atoms with E-state index in [0.29, 0.717) is 0 Å². The number of benzene rings is 4. The van der Waals surface area contributed by atoms with E-state index in [2.05, 4.69) is 144 Å². The van der Waals surface area contributed by atoms with Crippen LogP contribution in [0.3, 0.4) is 0 Å². The average Bonchev–Trinajstić information content (AvgIpc) is 3.17. The van der Waals surface area contributed by atoms with E-state index in [0.717, 1.165) is 29.2 Å². The third-order valence-electron chi connectivity index (χ3n) is 6.13. The minimum atomic E-state index is 0.906. The topological polar surface area (TPSA) is 15.3 Å². The lowest BCUT2D eigenvalue weighted by Gasteiger charge is -2.26. The van der Waals surface area contributed by atoms with Crippen molar-refractivity contribution in [1.29, 1.82) is 0 Å². The van der Waals surface area contributed by atoms with Gasteiger partial charge in [0, 0.05) is 29.8 Å². The molecule has 0 amide bonds. The zero-order chi connectivity index (χ0) is 23.2. The molecule has 0 saturated heterocycles. The highest BCUT2D eigenvalue weighted by Crippen LogP contribution is 2.34. The maximum atomic E-state index is 3.22. The van der Waals surface area contributed by atoms with Crippen LogP contribution in [-0.2, 0) is 0 Å². The molecule has 1 aliphatic rings. The zero-order valence-corrected chi connectivity index (χ0v) is 19.4. The molecule has 1 N–H and O–H groups in total. The Morgan fingerprint density at radius 1 is 0.588 bits per heavy atom. The Balaban J connectivity index is 1.55. The smallest absolute Gasteiger partial charge is 0.0463 e. The number of hydrogen-bond acceptors (Lipinski definition) is 2. The monoisotopic (exact) mass is 440 g/mol. The van der Waals surface area contributed by atoms with Crippen LogP contribution in [0.1, 0.15) is 12.0 Å². The normalized spacial score (nSPS) is 13.0. The molecule has 2 heteroatoms. The largest absolute Gasteiger partial charge is 0.388 e. The fourth-order valence-corrected chi connectivity index (χ4v) is 4.29. The summed E-state index contributed by atoms with van der Waals surface area (Å²) in [5.41, 5.74) is 9.51. The summed E-state index contributed by atoms with van der Waals surface area (Å²) in [5, 5.41) is 3.22. The highest BCUT2D eigenvalue weighted by Gasteiger charge is 2.15. The Kier molecular flexibility index (Phi) is 6.40. The van der Waals surface area contributed by atoms with Gasteiger partial charge in [0.05, 0.1) is 0 Å². The van der Waals surface area contributed by atoms with Gasteiger partial charge in [-0.2, -0.15) is 0 Å². The van der Waals surface area contributed by atoms with Crippen molar-refractivity contribution in [3.05, 3.63) is 145 Å². The SMILES string of the molecule is CNc1ccc(N(C2=CC=C(c3ccccc3)CC=C2)c2ccc(-c3ccccc3)cc2)cc1. The summed E-state index contributed by atoms with van der Waals surface area (Å²) in [6.07, 6.45) is 9.86. The first kappa shape index (κ1) is 21.5. The van der Waals surface area contributed by atoms with Crippen molar-refractivity contribution in [1.82, 2.24) is 0 Å². The predicted molar refractivity (Wildman–Crippen MR) is 146 cm³/mol. The Hall–Kier alpha value is -4.30. The fourth-order valence-electron chi connectivity index (χ4n) is 4.29. The molecule has 0 aliphatic heterocycles. The molecule has 0 bridgehead atoms. The molecule has 0 fully saturated rings. The Morgan fingerprint density at radius 3 is 1.76 bits per heavy atom. The van der Waals surface area contributed by atoms with Crippen LogP contribution in [0.4, 0.5) is 17.1 Å². The second-order valence-electron chi connectivity index (χ2n) is 8.30. The lowest BCUT2D eigenvalue weighted by Crippen LogP contribution is -2.15. The molecule has 1 aliphatic carbocycles. The Labute approximate surface area is 202 Å². The molecular weight excluding hydrogens is 412 g/mol. The fraction of sp³-hybridized carbons (Fsp3) is 0.0625. The van der Waals surface area contributed by atoms with Crippen molar-refractivity contribution < 1.29 is 0 Å². The van der Waals surface area contributed by atoms with Crippen LogP contribution in [0.2, 0.25) is 0 Å². The first-order valence-electron chi connectivity index (χ1n) is 11.7. The van der Waals surface area contributed by atoms with Gasteiger partial charge in [-0.3, -0.25) is 0 Å². The number of hydrogen-bond donors (Lipinski definition) is 1. The second-order valence-corrected chi connectivity index (χ2v) is 8.30. The molecule has 0 unspecified atom stereocenters. The van der Waals surface area contributed by atoms with Gasteiger partial charge < -0.3 is 10.2 Å². The Morgan fingerprint density at radius 2 is 1.15 bits per heavy atom. The molecule has 0 saturated carbocycles. The van der Waals surface area contributed by atoms with Crippen LogP contribution in [0, 0.1) is 0 Å². The quantitative estimate of drug-likeness (QED) is 0.323. The van der Waals surface area contributed by atoms with Crippen LogP contribution >= 0.6 is 0 Å². The minimum Gasteiger partial charge on any atom is -0.388 e. The van der Waals surface area contributed by atoms with Crippen molar-refractivity contribution in [2.45, 2.75) is 6.42 Å². The molecule has 0 atom stereocenters. The van der Waals surface area contributed by atoms with Crippen molar-refractivity contribution in [2.24, 2.45) is 0 Å². The van der Waals surface area contributed by atoms with Gasteiger partial charge in [0.1, 0.15) is 0 Å². The molecule has 0 aromatic heterocycles. The van der Waals surface area contributed by atoms with Crippen LogP contribution in [0.15, 0.2) is 139 Å². The molecule has 4 aromatic carbocycles. The maximum absolute atomic E-state index is 3.22. The standard InChI is InChI=1S/C32H28N2/c1-33-29-18-23-32(24-19-29)34(31-21-16-28(17-22-31)26-11-6-3-7-12-26)30-14-8-13-27(15-20-30)25-9-4-2-5-10-25/h2-12,14-24,33H,13H2,1H3. The van der Waals surface area contributed by atoms with E-state index in [1.165, 1.54) is 22.3 Å².